The van der Waals surface area contributed by atoms with E-state index in [1.807, 2.05) is 6.92 Å². The molecule has 1 amide bonds. The van der Waals surface area contributed by atoms with Gasteiger partial charge in [-0.05, 0) is 31.5 Å². The lowest BCUT2D eigenvalue weighted by atomic mass is 9.84. The molecule has 1 aliphatic rings. The van der Waals surface area contributed by atoms with Crippen molar-refractivity contribution >= 4 is 34.9 Å². The first-order chi connectivity index (χ1) is 14.9. The number of carbonyl (C=O) groups excluding carboxylic acids is 3. The average molecular weight is 436 g/mol. The van der Waals surface area contributed by atoms with Crippen LogP contribution in [0.5, 0.6) is 0 Å². The fourth-order valence-electron chi connectivity index (χ4n) is 3.45. The molecule has 158 valence electrons. The molecule has 1 aromatic heterocycles. The Morgan fingerprint density at radius 1 is 1.06 bits per heavy atom. The van der Waals surface area contributed by atoms with Gasteiger partial charge in [-0.1, -0.05) is 43.0 Å². The lowest BCUT2D eigenvalue weighted by molar-refractivity contribution is -0.115. The van der Waals surface area contributed by atoms with Crippen molar-refractivity contribution < 1.29 is 14.4 Å². The van der Waals surface area contributed by atoms with Gasteiger partial charge in [-0.3, -0.25) is 19.0 Å². The van der Waals surface area contributed by atoms with Crippen LogP contribution < -0.4 is 11.0 Å². The third kappa shape index (κ3) is 3.84. The number of fused-ring (bicyclic) bond motifs is 2. The molecule has 2 N–H and O–H groups in total. The number of thioether (sulfide) groups is 1. The van der Waals surface area contributed by atoms with Crippen LogP contribution in [0.15, 0.2) is 52.4 Å². The molecule has 4 rings (SSSR count). The minimum atomic E-state index is -0.542. The van der Waals surface area contributed by atoms with Crippen LogP contribution in [-0.4, -0.2) is 37.5 Å². The molecule has 3 aromatic rings. The van der Waals surface area contributed by atoms with Gasteiger partial charge in [-0.2, -0.15) is 0 Å². The Morgan fingerprint density at radius 2 is 1.71 bits per heavy atom. The van der Waals surface area contributed by atoms with Crippen molar-refractivity contribution in [2.45, 2.75) is 37.2 Å². The van der Waals surface area contributed by atoms with Gasteiger partial charge in [-0.15, -0.1) is 5.10 Å². The molecule has 8 nitrogen and oxygen atoms in total. The smallest absolute Gasteiger partial charge is 0.325 e. The van der Waals surface area contributed by atoms with E-state index >= 15 is 0 Å². The van der Waals surface area contributed by atoms with Gasteiger partial charge in [0.1, 0.15) is 0 Å². The van der Waals surface area contributed by atoms with Gasteiger partial charge in [0.15, 0.2) is 16.7 Å². The summed E-state index contributed by atoms with van der Waals surface area (Å²) in [5, 5.41) is 9.07. The molecule has 0 spiro atoms. The van der Waals surface area contributed by atoms with E-state index in [1.165, 1.54) is 22.4 Å². The van der Waals surface area contributed by atoms with E-state index in [0.29, 0.717) is 34.1 Å². The Morgan fingerprint density at radius 3 is 2.39 bits per heavy atom. The Balaban J connectivity index is 1.53. The Kier molecular flexibility index (Phi) is 5.60. The van der Waals surface area contributed by atoms with Crippen molar-refractivity contribution in [3.63, 3.8) is 0 Å². The molecule has 31 heavy (non-hydrogen) atoms. The van der Waals surface area contributed by atoms with E-state index in [1.54, 1.807) is 43.3 Å². The molecular weight excluding hydrogens is 416 g/mol. The zero-order valence-electron chi connectivity index (χ0n) is 17.0. The van der Waals surface area contributed by atoms with Crippen LogP contribution in [-0.2, 0) is 11.3 Å². The summed E-state index contributed by atoms with van der Waals surface area (Å²) in [5.41, 5.74) is 1.45. The number of anilines is 1. The summed E-state index contributed by atoms with van der Waals surface area (Å²) < 4.78 is 1.50. The molecule has 0 saturated carbocycles. The van der Waals surface area contributed by atoms with E-state index in [-0.39, 0.29) is 28.7 Å². The Hall–Kier alpha value is -3.46. The number of nitrogens with one attached hydrogen (secondary N) is 2. The van der Waals surface area contributed by atoms with Crippen LogP contribution in [0.4, 0.5) is 5.69 Å². The SMILES string of the molecule is CCCn1c(SC(C)C(=O)Nc2ccc3c(c2)C(=O)c2ccccc2C3=O)n[nH]c1=O. The highest BCUT2D eigenvalue weighted by atomic mass is 32.2. The zero-order valence-corrected chi connectivity index (χ0v) is 17.8. The summed E-state index contributed by atoms with van der Waals surface area (Å²) in [7, 11) is 0. The maximum absolute atomic E-state index is 12.9. The Bertz CT molecular complexity index is 1260. The third-order valence-corrected chi connectivity index (χ3v) is 6.10. The number of ketones is 2. The maximum atomic E-state index is 12.9. The first kappa shape index (κ1) is 20.8. The lowest BCUT2D eigenvalue weighted by Gasteiger charge is -2.18. The second-order valence-electron chi connectivity index (χ2n) is 7.18. The second-order valence-corrected chi connectivity index (χ2v) is 8.48. The van der Waals surface area contributed by atoms with E-state index < -0.39 is 5.25 Å². The van der Waals surface area contributed by atoms with E-state index in [4.69, 9.17) is 0 Å². The highest BCUT2D eigenvalue weighted by Gasteiger charge is 2.29. The van der Waals surface area contributed by atoms with Gasteiger partial charge in [0.25, 0.3) is 0 Å². The monoisotopic (exact) mass is 436 g/mol. The minimum absolute atomic E-state index is 0.209. The summed E-state index contributed by atoms with van der Waals surface area (Å²) in [6, 6.07) is 11.4. The lowest BCUT2D eigenvalue weighted by Crippen LogP contribution is -2.25. The molecule has 0 saturated heterocycles. The van der Waals surface area contributed by atoms with Crippen LogP contribution in [0.1, 0.15) is 52.1 Å². The van der Waals surface area contributed by atoms with Gasteiger partial charge in [0.2, 0.25) is 5.91 Å². The van der Waals surface area contributed by atoms with Crippen molar-refractivity contribution in [1.29, 1.82) is 0 Å². The van der Waals surface area contributed by atoms with Crippen LogP contribution in [0, 0.1) is 0 Å². The van der Waals surface area contributed by atoms with Gasteiger partial charge in [0, 0.05) is 34.5 Å². The van der Waals surface area contributed by atoms with Crippen molar-refractivity contribution in [1.82, 2.24) is 14.8 Å². The number of hydrogen-bond acceptors (Lipinski definition) is 6. The average Bonchev–Trinajstić information content (AvgIpc) is 3.11. The molecule has 1 aliphatic carbocycles. The van der Waals surface area contributed by atoms with Crippen molar-refractivity contribution in [2.75, 3.05) is 5.32 Å². The number of nitrogens with zero attached hydrogens (tertiary/aromatic N) is 2. The van der Waals surface area contributed by atoms with Crippen LogP contribution in [0.25, 0.3) is 0 Å². The fourth-order valence-corrected chi connectivity index (χ4v) is 4.33. The second kappa shape index (κ2) is 8.35. The number of H-pyrrole nitrogens is 1. The maximum Gasteiger partial charge on any atom is 0.343 e. The van der Waals surface area contributed by atoms with E-state index in [9.17, 15) is 19.2 Å². The highest BCUT2D eigenvalue weighted by molar-refractivity contribution is 8.00. The first-order valence-corrected chi connectivity index (χ1v) is 10.7. The number of benzene rings is 2. The summed E-state index contributed by atoms with van der Waals surface area (Å²) in [6.07, 6.45) is 0.762. The number of aromatic nitrogens is 3. The predicted molar refractivity (Wildman–Crippen MR) is 117 cm³/mol. The van der Waals surface area contributed by atoms with E-state index in [0.717, 1.165) is 6.42 Å². The molecule has 0 fully saturated rings. The molecule has 1 atom stereocenters. The van der Waals surface area contributed by atoms with Gasteiger partial charge >= 0.3 is 5.69 Å². The standard InChI is InChI=1S/C22H20N4O4S/c1-3-10-26-21(30)24-25-22(26)31-12(2)20(29)23-13-8-9-16-17(11-13)19(28)15-7-5-4-6-14(15)18(16)27/h4-9,11-12H,3,10H2,1-2H3,(H,23,29)(H,24,30). The Labute approximate surface area is 182 Å². The zero-order chi connectivity index (χ0) is 22.1. The van der Waals surface area contributed by atoms with Crippen LogP contribution in [0.2, 0.25) is 0 Å². The van der Waals surface area contributed by atoms with Crippen molar-refractivity contribution in [2.24, 2.45) is 0 Å². The molecule has 1 unspecified atom stereocenters. The number of amides is 1. The molecular formula is C22H20N4O4S. The minimum Gasteiger partial charge on any atom is -0.325 e. The van der Waals surface area contributed by atoms with Crippen molar-refractivity contribution in [3.05, 3.63) is 75.2 Å². The fraction of sp³-hybridized carbons (Fsp3) is 0.227. The van der Waals surface area contributed by atoms with Gasteiger partial charge in [0.05, 0.1) is 5.25 Å². The number of carbonyl (C=O) groups is 3. The summed E-state index contributed by atoms with van der Waals surface area (Å²) >= 11 is 1.17. The normalized spacial score (nSPS) is 13.5. The van der Waals surface area contributed by atoms with Gasteiger partial charge < -0.3 is 5.32 Å². The van der Waals surface area contributed by atoms with Gasteiger partial charge in [-0.25, -0.2) is 9.89 Å². The van der Waals surface area contributed by atoms with Crippen molar-refractivity contribution in [3.8, 4) is 0 Å². The predicted octanol–water partition coefficient (Wildman–Crippen LogP) is 2.88. The molecule has 2 aromatic carbocycles. The third-order valence-electron chi connectivity index (χ3n) is 5.01. The number of hydrogen-bond donors (Lipinski definition) is 2. The molecule has 0 aliphatic heterocycles. The summed E-state index contributed by atoms with van der Waals surface area (Å²) in [5.74, 6) is -0.762. The summed E-state index contributed by atoms with van der Waals surface area (Å²) in [6.45, 7) is 4.16. The first-order valence-electron chi connectivity index (χ1n) is 9.86. The van der Waals surface area contributed by atoms with Crippen LogP contribution in [0.3, 0.4) is 0 Å². The number of aromatic amines is 1. The van der Waals surface area contributed by atoms with E-state index in [2.05, 4.69) is 15.5 Å². The molecule has 0 radical (unpaired) electrons. The van der Waals surface area contributed by atoms with Crippen LogP contribution >= 0.6 is 11.8 Å². The highest BCUT2D eigenvalue weighted by Crippen LogP contribution is 2.29. The topological polar surface area (TPSA) is 114 Å². The molecule has 9 heteroatoms. The largest absolute Gasteiger partial charge is 0.343 e. The molecule has 0 bridgehead atoms. The quantitative estimate of drug-likeness (QED) is 0.449. The molecule has 1 heterocycles. The summed E-state index contributed by atoms with van der Waals surface area (Å²) in [4.78, 5) is 50.1. The number of rotatable bonds is 6.